The lowest BCUT2D eigenvalue weighted by Gasteiger charge is -2.34. The van der Waals surface area contributed by atoms with Gasteiger partial charge in [-0.3, -0.25) is 4.90 Å². The van der Waals surface area contributed by atoms with Crippen molar-refractivity contribution >= 4 is 0 Å². The minimum absolute atomic E-state index is 0.0343. The molecular formula is C13H23NO2. The molecule has 2 saturated heterocycles. The van der Waals surface area contributed by atoms with Crippen LogP contribution in [0.1, 0.15) is 38.5 Å². The molecule has 16 heavy (non-hydrogen) atoms. The van der Waals surface area contributed by atoms with Crippen LogP contribution in [0, 0.1) is 5.92 Å². The molecule has 2 heterocycles. The molecule has 4 atom stereocenters. The maximum absolute atomic E-state index is 10.1. The van der Waals surface area contributed by atoms with Crippen LogP contribution < -0.4 is 0 Å². The first kappa shape index (κ1) is 11.0. The lowest BCUT2D eigenvalue weighted by Crippen LogP contribution is -2.45. The van der Waals surface area contributed by atoms with Gasteiger partial charge in [0.05, 0.1) is 12.7 Å². The molecule has 92 valence electrons. The number of hydrogen-bond donors (Lipinski definition) is 1. The maximum atomic E-state index is 10.1. The van der Waals surface area contributed by atoms with Crippen LogP contribution in [-0.4, -0.2) is 48.0 Å². The Morgan fingerprint density at radius 2 is 2.00 bits per heavy atom. The molecule has 0 aromatic rings. The normalized spacial score (nSPS) is 45.6. The summed E-state index contributed by atoms with van der Waals surface area (Å²) in [6, 6.07) is 1.28. The zero-order valence-corrected chi connectivity index (χ0v) is 9.98. The topological polar surface area (TPSA) is 32.7 Å². The molecule has 1 saturated carbocycles. The monoisotopic (exact) mass is 225 g/mol. The van der Waals surface area contributed by atoms with E-state index >= 15 is 0 Å². The SMILES string of the molecule is OC1CCCC1C1CCCN1C1CCOC1. The number of ether oxygens (including phenoxy) is 1. The Labute approximate surface area is 97.8 Å². The van der Waals surface area contributed by atoms with Gasteiger partial charge in [-0.15, -0.1) is 0 Å². The van der Waals surface area contributed by atoms with Crippen molar-refractivity contribution in [2.24, 2.45) is 5.92 Å². The van der Waals surface area contributed by atoms with Gasteiger partial charge in [-0.1, -0.05) is 6.42 Å². The average Bonchev–Trinajstić information content (AvgIpc) is 2.95. The molecule has 2 aliphatic heterocycles. The zero-order valence-electron chi connectivity index (χ0n) is 9.98. The quantitative estimate of drug-likeness (QED) is 0.771. The highest BCUT2D eigenvalue weighted by Gasteiger charge is 2.41. The summed E-state index contributed by atoms with van der Waals surface area (Å²) in [5, 5.41) is 10.1. The standard InChI is InChI=1S/C13H23NO2/c15-13-5-1-3-11(13)12-4-2-7-14(12)10-6-8-16-9-10/h10-13,15H,1-9H2. The van der Waals surface area contributed by atoms with Gasteiger partial charge in [-0.2, -0.15) is 0 Å². The van der Waals surface area contributed by atoms with Crippen LogP contribution >= 0.6 is 0 Å². The summed E-state index contributed by atoms with van der Waals surface area (Å²) in [4.78, 5) is 2.65. The highest BCUT2D eigenvalue weighted by Crippen LogP contribution is 2.37. The van der Waals surface area contributed by atoms with E-state index in [4.69, 9.17) is 4.74 Å². The van der Waals surface area contributed by atoms with E-state index in [9.17, 15) is 5.11 Å². The fourth-order valence-corrected chi connectivity index (χ4v) is 3.93. The third kappa shape index (κ3) is 1.89. The van der Waals surface area contributed by atoms with Crippen molar-refractivity contribution in [2.45, 2.75) is 56.7 Å². The molecule has 0 aromatic carbocycles. The molecule has 1 N–H and O–H groups in total. The molecule has 0 amide bonds. The fraction of sp³-hybridized carbons (Fsp3) is 1.00. The second-order valence-electron chi connectivity index (χ2n) is 5.63. The average molecular weight is 225 g/mol. The van der Waals surface area contributed by atoms with Crippen LogP contribution in [0.4, 0.5) is 0 Å². The highest BCUT2D eigenvalue weighted by atomic mass is 16.5. The molecule has 0 aromatic heterocycles. The van der Waals surface area contributed by atoms with Gasteiger partial charge in [0.1, 0.15) is 0 Å². The molecule has 3 aliphatic rings. The van der Waals surface area contributed by atoms with Crippen molar-refractivity contribution < 1.29 is 9.84 Å². The second kappa shape index (κ2) is 4.63. The largest absolute Gasteiger partial charge is 0.393 e. The van der Waals surface area contributed by atoms with Gasteiger partial charge in [0.2, 0.25) is 0 Å². The van der Waals surface area contributed by atoms with E-state index in [-0.39, 0.29) is 6.10 Å². The number of aliphatic hydroxyl groups excluding tert-OH is 1. The first-order valence-corrected chi connectivity index (χ1v) is 6.88. The number of nitrogens with zero attached hydrogens (tertiary/aromatic N) is 1. The molecule has 0 spiro atoms. The molecule has 4 unspecified atom stereocenters. The highest BCUT2D eigenvalue weighted by molar-refractivity contribution is 4.94. The van der Waals surface area contributed by atoms with E-state index in [1.54, 1.807) is 0 Å². The van der Waals surface area contributed by atoms with E-state index in [0.717, 1.165) is 19.6 Å². The van der Waals surface area contributed by atoms with Crippen molar-refractivity contribution in [1.82, 2.24) is 4.90 Å². The maximum Gasteiger partial charge on any atom is 0.0622 e. The Hall–Kier alpha value is -0.120. The van der Waals surface area contributed by atoms with Crippen molar-refractivity contribution in [3.8, 4) is 0 Å². The first-order valence-electron chi connectivity index (χ1n) is 6.88. The molecule has 1 aliphatic carbocycles. The molecule has 3 rings (SSSR count). The lowest BCUT2D eigenvalue weighted by molar-refractivity contribution is 0.0519. The summed E-state index contributed by atoms with van der Waals surface area (Å²) in [6.45, 7) is 3.07. The summed E-state index contributed by atoms with van der Waals surface area (Å²) in [5.74, 6) is 0.545. The first-order chi connectivity index (χ1) is 7.86. The third-order valence-corrected chi connectivity index (χ3v) is 4.74. The van der Waals surface area contributed by atoms with Crippen LogP contribution in [-0.2, 0) is 4.74 Å². The van der Waals surface area contributed by atoms with Crippen molar-refractivity contribution in [3.63, 3.8) is 0 Å². The van der Waals surface area contributed by atoms with Crippen LogP contribution in [0.25, 0.3) is 0 Å². The Morgan fingerprint density at radius 3 is 2.69 bits per heavy atom. The summed E-state index contributed by atoms with van der Waals surface area (Å²) in [5.41, 5.74) is 0. The summed E-state index contributed by atoms with van der Waals surface area (Å²) < 4.78 is 5.50. The van der Waals surface area contributed by atoms with E-state index in [2.05, 4.69) is 4.90 Å². The third-order valence-electron chi connectivity index (χ3n) is 4.74. The second-order valence-corrected chi connectivity index (χ2v) is 5.63. The van der Waals surface area contributed by atoms with Crippen LogP contribution in [0.2, 0.25) is 0 Å². The van der Waals surface area contributed by atoms with Crippen molar-refractivity contribution in [1.29, 1.82) is 0 Å². The van der Waals surface area contributed by atoms with Crippen LogP contribution in [0.15, 0.2) is 0 Å². The molecule has 0 bridgehead atoms. The number of likely N-dealkylation sites (tertiary alicyclic amines) is 1. The molecule has 0 radical (unpaired) electrons. The molecular weight excluding hydrogens is 202 g/mol. The minimum Gasteiger partial charge on any atom is -0.393 e. The zero-order chi connectivity index (χ0) is 11.0. The van der Waals surface area contributed by atoms with E-state index in [1.165, 1.54) is 38.6 Å². The van der Waals surface area contributed by atoms with Gasteiger partial charge in [0, 0.05) is 24.6 Å². The number of rotatable bonds is 2. The van der Waals surface area contributed by atoms with Gasteiger partial charge in [0.15, 0.2) is 0 Å². The van der Waals surface area contributed by atoms with Gasteiger partial charge >= 0.3 is 0 Å². The number of hydrogen-bond acceptors (Lipinski definition) is 3. The predicted octanol–water partition coefficient (Wildman–Crippen LogP) is 1.40. The van der Waals surface area contributed by atoms with Crippen LogP contribution in [0.3, 0.4) is 0 Å². The van der Waals surface area contributed by atoms with Gasteiger partial charge < -0.3 is 9.84 Å². The summed E-state index contributed by atoms with van der Waals surface area (Å²) in [6.07, 6.45) is 7.23. The Balaban J connectivity index is 1.68. The van der Waals surface area contributed by atoms with Crippen molar-refractivity contribution in [3.05, 3.63) is 0 Å². The van der Waals surface area contributed by atoms with Gasteiger partial charge in [0.25, 0.3) is 0 Å². The minimum atomic E-state index is -0.0343. The summed E-state index contributed by atoms with van der Waals surface area (Å²) in [7, 11) is 0. The summed E-state index contributed by atoms with van der Waals surface area (Å²) >= 11 is 0. The molecule has 3 fully saturated rings. The Morgan fingerprint density at radius 1 is 1.06 bits per heavy atom. The van der Waals surface area contributed by atoms with E-state index < -0.39 is 0 Å². The Kier molecular flexibility index (Phi) is 3.18. The van der Waals surface area contributed by atoms with Crippen LogP contribution in [0.5, 0.6) is 0 Å². The Bertz CT molecular complexity index is 240. The molecule has 3 heteroatoms. The van der Waals surface area contributed by atoms with E-state index in [0.29, 0.717) is 18.0 Å². The van der Waals surface area contributed by atoms with Gasteiger partial charge in [-0.25, -0.2) is 0 Å². The number of aliphatic hydroxyl groups is 1. The predicted molar refractivity (Wildman–Crippen MR) is 62.3 cm³/mol. The smallest absolute Gasteiger partial charge is 0.0622 e. The van der Waals surface area contributed by atoms with Gasteiger partial charge in [-0.05, 0) is 38.6 Å². The fourth-order valence-electron chi connectivity index (χ4n) is 3.93. The van der Waals surface area contributed by atoms with E-state index in [1.807, 2.05) is 0 Å². The lowest BCUT2D eigenvalue weighted by atomic mass is 9.93. The van der Waals surface area contributed by atoms with Crippen molar-refractivity contribution in [2.75, 3.05) is 19.8 Å². The molecule has 3 nitrogen and oxygen atoms in total.